The summed E-state index contributed by atoms with van der Waals surface area (Å²) in [4.78, 5) is 16.7. The third-order valence-corrected chi connectivity index (χ3v) is 5.93. The Bertz CT molecular complexity index is 1230. The Hall–Kier alpha value is -3.45. The fourth-order valence-corrected chi connectivity index (χ4v) is 4.07. The molecule has 0 amide bonds. The van der Waals surface area contributed by atoms with Crippen LogP contribution in [-0.2, 0) is 21.8 Å². The predicted molar refractivity (Wildman–Crippen MR) is 128 cm³/mol. The number of ketones is 1. The number of imidazole rings is 1. The number of benzene rings is 3. The molecule has 1 fully saturated rings. The summed E-state index contributed by atoms with van der Waals surface area (Å²) in [6.07, 6.45) is 5.04. The zero-order valence-electron chi connectivity index (χ0n) is 18.3. The van der Waals surface area contributed by atoms with Crippen LogP contribution in [0, 0.1) is 0 Å². The number of aromatic nitrogens is 2. The van der Waals surface area contributed by atoms with Crippen molar-refractivity contribution in [3.63, 3.8) is 0 Å². The summed E-state index contributed by atoms with van der Waals surface area (Å²) >= 11 is 6.08. The number of carbonyl (C=O) groups excluding carboxylic acids is 1. The molecule has 0 N–H and O–H groups in total. The van der Waals surface area contributed by atoms with Gasteiger partial charge < -0.3 is 18.8 Å². The van der Waals surface area contributed by atoms with Gasteiger partial charge in [-0.3, -0.25) is 4.79 Å². The molecule has 0 aliphatic carbocycles. The lowest BCUT2D eigenvalue weighted by atomic mass is 10.0. The highest BCUT2D eigenvalue weighted by atomic mass is 35.5. The first-order valence-electron chi connectivity index (χ1n) is 11.0. The number of hydrogen-bond acceptors (Lipinski definition) is 5. The zero-order chi connectivity index (χ0) is 23.4. The quantitative estimate of drug-likeness (QED) is 0.332. The molecule has 0 radical (unpaired) electrons. The van der Waals surface area contributed by atoms with Crippen molar-refractivity contribution in [1.82, 2.24) is 9.55 Å². The largest absolute Gasteiger partial charge is 0.491 e. The second-order valence-corrected chi connectivity index (χ2v) is 8.51. The molecule has 0 bridgehead atoms. The molecule has 172 valence electrons. The second kappa shape index (κ2) is 9.81. The standard InChI is InChI=1S/C27H23ClN2O4/c28-23-10-8-22(9-11-23)27(18-30-15-14-29-19-30)33-17-25(34-27)16-32-24-12-6-21(7-13-24)26(31)20-4-2-1-3-5-20/h1-15,19,25H,16-18H2/t25-,27-/m1/s1. The minimum absolute atomic E-state index is 0.0214. The summed E-state index contributed by atoms with van der Waals surface area (Å²) in [7, 11) is 0. The van der Waals surface area contributed by atoms with Crippen molar-refractivity contribution in [3.8, 4) is 5.75 Å². The Kier molecular flexibility index (Phi) is 6.45. The van der Waals surface area contributed by atoms with E-state index in [0.717, 1.165) is 5.56 Å². The van der Waals surface area contributed by atoms with Crippen molar-refractivity contribution in [1.29, 1.82) is 0 Å². The maximum Gasteiger partial charge on any atom is 0.214 e. The van der Waals surface area contributed by atoms with Crippen molar-refractivity contribution >= 4 is 17.4 Å². The van der Waals surface area contributed by atoms with Gasteiger partial charge in [0.25, 0.3) is 0 Å². The molecule has 2 atom stereocenters. The van der Waals surface area contributed by atoms with Crippen molar-refractivity contribution in [2.45, 2.75) is 18.4 Å². The summed E-state index contributed by atoms with van der Waals surface area (Å²) < 4.78 is 20.5. The molecule has 4 aromatic rings. The third-order valence-electron chi connectivity index (χ3n) is 5.68. The van der Waals surface area contributed by atoms with Crippen molar-refractivity contribution in [3.05, 3.63) is 119 Å². The van der Waals surface area contributed by atoms with Crippen LogP contribution in [0.4, 0.5) is 0 Å². The van der Waals surface area contributed by atoms with Gasteiger partial charge in [-0.25, -0.2) is 4.98 Å². The van der Waals surface area contributed by atoms with Crippen LogP contribution in [0.2, 0.25) is 5.02 Å². The minimum atomic E-state index is -0.967. The van der Waals surface area contributed by atoms with Crippen LogP contribution in [0.25, 0.3) is 0 Å². The van der Waals surface area contributed by atoms with E-state index in [-0.39, 0.29) is 11.9 Å². The van der Waals surface area contributed by atoms with E-state index < -0.39 is 5.79 Å². The molecule has 2 heterocycles. The van der Waals surface area contributed by atoms with Gasteiger partial charge >= 0.3 is 0 Å². The van der Waals surface area contributed by atoms with Crippen LogP contribution >= 0.6 is 11.6 Å². The van der Waals surface area contributed by atoms with Gasteiger partial charge in [-0.15, -0.1) is 0 Å². The van der Waals surface area contributed by atoms with E-state index in [4.69, 9.17) is 25.8 Å². The Balaban J connectivity index is 1.25. The molecular formula is C27H23ClN2O4. The molecule has 7 heteroatoms. The molecule has 0 unspecified atom stereocenters. The molecule has 1 aliphatic heterocycles. The maximum atomic E-state index is 12.6. The molecule has 0 saturated carbocycles. The third kappa shape index (κ3) is 4.89. The number of nitrogens with zero attached hydrogens (tertiary/aromatic N) is 2. The molecule has 3 aromatic carbocycles. The van der Waals surface area contributed by atoms with E-state index in [1.807, 2.05) is 53.2 Å². The monoisotopic (exact) mass is 474 g/mol. The van der Waals surface area contributed by atoms with Crippen LogP contribution in [-0.4, -0.2) is 34.7 Å². The van der Waals surface area contributed by atoms with Crippen LogP contribution in [0.3, 0.4) is 0 Å². The van der Waals surface area contributed by atoms with Crippen molar-refractivity contribution < 1.29 is 19.0 Å². The highest BCUT2D eigenvalue weighted by molar-refractivity contribution is 6.30. The first-order chi connectivity index (χ1) is 16.6. The Labute approximate surface area is 202 Å². The topological polar surface area (TPSA) is 62.6 Å². The average Bonchev–Trinajstić information content (AvgIpc) is 3.54. The van der Waals surface area contributed by atoms with Crippen LogP contribution in [0.15, 0.2) is 97.6 Å². The van der Waals surface area contributed by atoms with Crippen LogP contribution < -0.4 is 4.74 Å². The molecule has 1 saturated heterocycles. The lowest BCUT2D eigenvalue weighted by Crippen LogP contribution is -2.34. The van der Waals surface area contributed by atoms with E-state index >= 15 is 0 Å². The van der Waals surface area contributed by atoms with Gasteiger partial charge in [0.2, 0.25) is 5.79 Å². The summed E-state index contributed by atoms with van der Waals surface area (Å²) in [6, 6.07) is 23.8. The number of rotatable bonds is 8. The van der Waals surface area contributed by atoms with Crippen LogP contribution in [0.1, 0.15) is 21.5 Å². The van der Waals surface area contributed by atoms with Gasteiger partial charge in [0, 0.05) is 34.1 Å². The Morgan fingerprint density at radius 1 is 1.03 bits per heavy atom. The smallest absolute Gasteiger partial charge is 0.214 e. The lowest BCUT2D eigenvalue weighted by Gasteiger charge is -2.29. The molecule has 0 spiro atoms. The molecule has 34 heavy (non-hydrogen) atoms. The second-order valence-electron chi connectivity index (χ2n) is 8.08. The SMILES string of the molecule is O=C(c1ccccc1)c1ccc(OC[C@@H]2CO[C@@](Cn3ccnc3)(c3ccc(Cl)cc3)O2)cc1. The first kappa shape index (κ1) is 22.3. The normalized spacial score (nSPS) is 19.7. The predicted octanol–water partition coefficient (Wildman–Crippen LogP) is 5.11. The summed E-state index contributed by atoms with van der Waals surface area (Å²) in [5.74, 6) is -0.329. The highest BCUT2D eigenvalue weighted by Crippen LogP contribution is 2.37. The van der Waals surface area contributed by atoms with E-state index in [0.29, 0.717) is 41.7 Å². The number of carbonyl (C=O) groups is 1. The maximum absolute atomic E-state index is 12.6. The summed E-state index contributed by atoms with van der Waals surface area (Å²) in [5.41, 5.74) is 2.14. The fourth-order valence-electron chi connectivity index (χ4n) is 3.94. The molecule has 6 nitrogen and oxygen atoms in total. The molecule has 1 aromatic heterocycles. The molecule has 1 aliphatic rings. The van der Waals surface area contributed by atoms with Gasteiger partial charge in [0.1, 0.15) is 18.5 Å². The number of ether oxygens (including phenoxy) is 3. The highest BCUT2D eigenvalue weighted by Gasteiger charge is 2.44. The summed E-state index contributed by atoms with van der Waals surface area (Å²) in [6.45, 7) is 1.13. The minimum Gasteiger partial charge on any atom is -0.491 e. The molecular weight excluding hydrogens is 452 g/mol. The van der Waals surface area contributed by atoms with E-state index in [2.05, 4.69) is 4.98 Å². The average molecular weight is 475 g/mol. The fraction of sp³-hybridized carbons (Fsp3) is 0.185. The van der Waals surface area contributed by atoms with E-state index in [1.165, 1.54) is 0 Å². The Morgan fingerprint density at radius 2 is 1.76 bits per heavy atom. The van der Waals surface area contributed by atoms with Gasteiger partial charge in [0.15, 0.2) is 5.78 Å². The van der Waals surface area contributed by atoms with E-state index in [1.54, 1.807) is 48.9 Å². The van der Waals surface area contributed by atoms with Gasteiger partial charge in [-0.2, -0.15) is 0 Å². The van der Waals surface area contributed by atoms with Gasteiger partial charge in [0.05, 0.1) is 19.5 Å². The summed E-state index contributed by atoms with van der Waals surface area (Å²) in [5, 5.41) is 0.647. The van der Waals surface area contributed by atoms with E-state index in [9.17, 15) is 4.79 Å². The van der Waals surface area contributed by atoms with Gasteiger partial charge in [-0.1, -0.05) is 54.1 Å². The van der Waals surface area contributed by atoms with Gasteiger partial charge in [-0.05, 0) is 36.4 Å². The first-order valence-corrected chi connectivity index (χ1v) is 11.4. The lowest BCUT2D eigenvalue weighted by molar-refractivity contribution is -0.189. The molecule has 5 rings (SSSR count). The van der Waals surface area contributed by atoms with Crippen LogP contribution in [0.5, 0.6) is 5.75 Å². The zero-order valence-corrected chi connectivity index (χ0v) is 19.1. The number of halogens is 1. The number of hydrogen-bond donors (Lipinski definition) is 0. The Morgan fingerprint density at radius 3 is 2.47 bits per heavy atom. The van der Waals surface area contributed by atoms with Crippen molar-refractivity contribution in [2.24, 2.45) is 0 Å². The van der Waals surface area contributed by atoms with Crippen molar-refractivity contribution in [2.75, 3.05) is 13.2 Å².